The maximum atomic E-state index is 12.7. The van der Waals surface area contributed by atoms with E-state index in [2.05, 4.69) is 11.8 Å². The monoisotopic (exact) mass is 315 g/mol. The second-order valence-electron chi connectivity index (χ2n) is 7.00. The van der Waals surface area contributed by atoms with E-state index in [0.717, 1.165) is 18.4 Å². The summed E-state index contributed by atoms with van der Waals surface area (Å²) in [5, 5.41) is 8.92. The lowest BCUT2D eigenvalue weighted by Gasteiger charge is -2.33. The van der Waals surface area contributed by atoms with Crippen molar-refractivity contribution >= 4 is 11.9 Å². The molecule has 4 nitrogen and oxygen atoms in total. The third kappa shape index (κ3) is 3.41. The van der Waals surface area contributed by atoms with Gasteiger partial charge in [0.05, 0.1) is 5.56 Å². The molecule has 0 aromatic heterocycles. The number of rotatable bonds is 4. The van der Waals surface area contributed by atoms with E-state index < -0.39 is 5.97 Å². The lowest BCUT2D eigenvalue weighted by Crippen LogP contribution is -2.42. The fourth-order valence-electron chi connectivity index (χ4n) is 4.33. The van der Waals surface area contributed by atoms with Crippen LogP contribution in [0.5, 0.6) is 0 Å². The number of carboxylic acids is 1. The van der Waals surface area contributed by atoms with Gasteiger partial charge in [-0.05, 0) is 56.2 Å². The molecule has 4 heteroatoms. The third-order valence-electron chi connectivity index (χ3n) is 5.46. The molecule has 1 aliphatic heterocycles. The molecule has 2 fully saturated rings. The largest absolute Gasteiger partial charge is 0.478 e. The summed E-state index contributed by atoms with van der Waals surface area (Å²) in [5.41, 5.74) is 1.31. The molecule has 0 bridgehead atoms. The van der Waals surface area contributed by atoms with Gasteiger partial charge in [-0.2, -0.15) is 0 Å². The first kappa shape index (κ1) is 16.0. The van der Waals surface area contributed by atoms with E-state index in [1.54, 1.807) is 12.1 Å². The summed E-state index contributed by atoms with van der Waals surface area (Å²) in [7, 11) is 0. The van der Waals surface area contributed by atoms with Crippen LogP contribution in [-0.2, 0) is 11.2 Å². The third-order valence-corrected chi connectivity index (χ3v) is 5.46. The van der Waals surface area contributed by atoms with E-state index >= 15 is 0 Å². The number of carboxylic acid groups (broad SMARTS) is 1. The molecule has 0 radical (unpaired) electrons. The van der Waals surface area contributed by atoms with E-state index in [0.29, 0.717) is 36.4 Å². The number of benzene rings is 1. The second-order valence-corrected chi connectivity index (χ2v) is 7.00. The Balaban J connectivity index is 1.59. The van der Waals surface area contributed by atoms with Crippen LogP contribution in [0.1, 0.15) is 61.4 Å². The number of amides is 1. The molecule has 3 unspecified atom stereocenters. The molecule has 3 atom stereocenters. The van der Waals surface area contributed by atoms with Gasteiger partial charge in [0.1, 0.15) is 0 Å². The van der Waals surface area contributed by atoms with Crippen molar-refractivity contribution in [3.05, 3.63) is 35.4 Å². The van der Waals surface area contributed by atoms with Gasteiger partial charge >= 0.3 is 5.97 Å². The fourth-order valence-corrected chi connectivity index (χ4v) is 4.33. The van der Waals surface area contributed by atoms with Gasteiger partial charge in [-0.25, -0.2) is 4.79 Å². The molecule has 1 N–H and O–H groups in total. The summed E-state index contributed by atoms with van der Waals surface area (Å²) in [6.45, 7) is 2.18. The molecule has 1 aliphatic carbocycles. The number of aromatic carboxylic acids is 1. The van der Waals surface area contributed by atoms with Crippen molar-refractivity contribution in [3.63, 3.8) is 0 Å². The highest BCUT2D eigenvalue weighted by molar-refractivity contribution is 5.87. The number of hydrogen-bond donors (Lipinski definition) is 1. The van der Waals surface area contributed by atoms with E-state index in [4.69, 9.17) is 5.11 Å². The molecule has 1 aromatic rings. The smallest absolute Gasteiger partial charge is 0.335 e. The number of aryl methyl sites for hydroxylation is 1. The molecule has 3 rings (SSSR count). The Labute approximate surface area is 137 Å². The van der Waals surface area contributed by atoms with Crippen LogP contribution in [0, 0.1) is 5.92 Å². The van der Waals surface area contributed by atoms with Crippen LogP contribution in [-0.4, -0.2) is 34.0 Å². The van der Waals surface area contributed by atoms with E-state index in [1.165, 1.54) is 19.3 Å². The summed E-state index contributed by atoms with van der Waals surface area (Å²) in [4.78, 5) is 25.7. The van der Waals surface area contributed by atoms with Crippen LogP contribution in [0.2, 0.25) is 0 Å². The Morgan fingerprint density at radius 1 is 1.17 bits per heavy atom. The van der Waals surface area contributed by atoms with E-state index in [1.807, 2.05) is 12.1 Å². The Kier molecular flexibility index (Phi) is 4.69. The van der Waals surface area contributed by atoms with Gasteiger partial charge in [0, 0.05) is 18.5 Å². The lowest BCUT2D eigenvalue weighted by molar-refractivity contribution is -0.134. The first-order valence-electron chi connectivity index (χ1n) is 8.69. The topological polar surface area (TPSA) is 57.6 Å². The molecule has 124 valence electrons. The molecule has 1 amide bonds. The molecule has 1 heterocycles. The van der Waals surface area contributed by atoms with Crippen molar-refractivity contribution in [2.24, 2.45) is 5.92 Å². The Bertz CT molecular complexity index is 581. The van der Waals surface area contributed by atoms with Gasteiger partial charge in [-0.15, -0.1) is 0 Å². The summed E-state index contributed by atoms with van der Waals surface area (Å²) in [6.07, 6.45) is 7.34. The quantitative estimate of drug-likeness (QED) is 0.925. The molecule has 0 spiro atoms. The molecular weight excluding hydrogens is 290 g/mol. The van der Waals surface area contributed by atoms with Crippen LogP contribution in [0.3, 0.4) is 0 Å². The van der Waals surface area contributed by atoms with Crippen LogP contribution in [0.15, 0.2) is 24.3 Å². The van der Waals surface area contributed by atoms with Gasteiger partial charge in [-0.1, -0.05) is 25.0 Å². The molecule has 2 aliphatic rings. The number of likely N-dealkylation sites (tertiary alicyclic amines) is 1. The predicted molar refractivity (Wildman–Crippen MR) is 88.4 cm³/mol. The first-order valence-corrected chi connectivity index (χ1v) is 8.69. The standard InChI is InChI=1S/C19H25NO3/c1-13-12-16-4-2-3-5-17(16)20(13)18(21)11-8-14-6-9-15(10-7-14)19(22)23/h6-7,9-10,13,16-17H,2-5,8,11-12H2,1H3,(H,22,23). The number of hydrogen-bond acceptors (Lipinski definition) is 2. The maximum Gasteiger partial charge on any atom is 0.335 e. The normalized spacial score (nSPS) is 26.8. The molecule has 1 aromatic carbocycles. The fraction of sp³-hybridized carbons (Fsp3) is 0.579. The minimum absolute atomic E-state index is 0.259. The van der Waals surface area contributed by atoms with Crippen LogP contribution < -0.4 is 0 Å². The maximum absolute atomic E-state index is 12.7. The number of nitrogens with zero attached hydrogens (tertiary/aromatic N) is 1. The van der Waals surface area contributed by atoms with Gasteiger partial charge in [0.15, 0.2) is 0 Å². The Morgan fingerprint density at radius 2 is 1.87 bits per heavy atom. The Morgan fingerprint density at radius 3 is 2.57 bits per heavy atom. The Hall–Kier alpha value is -1.84. The highest BCUT2D eigenvalue weighted by Gasteiger charge is 2.41. The zero-order valence-electron chi connectivity index (χ0n) is 13.7. The number of carbonyl (C=O) groups is 2. The first-order chi connectivity index (χ1) is 11.1. The van der Waals surface area contributed by atoms with Gasteiger partial charge in [0.2, 0.25) is 5.91 Å². The molecule has 1 saturated heterocycles. The van der Waals surface area contributed by atoms with Gasteiger partial charge in [0.25, 0.3) is 0 Å². The molecular formula is C19H25NO3. The average molecular weight is 315 g/mol. The van der Waals surface area contributed by atoms with Crippen molar-refractivity contribution in [2.45, 2.75) is 64.0 Å². The predicted octanol–water partition coefficient (Wildman–Crippen LogP) is 3.50. The minimum atomic E-state index is -0.915. The summed E-state index contributed by atoms with van der Waals surface area (Å²) >= 11 is 0. The van der Waals surface area contributed by atoms with Crippen molar-refractivity contribution < 1.29 is 14.7 Å². The summed E-state index contributed by atoms with van der Waals surface area (Å²) < 4.78 is 0. The molecule has 1 saturated carbocycles. The molecule has 23 heavy (non-hydrogen) atoms. The van der Waals surface area contributed by atoms with Crippen molar-refractivity contribution in [3.8, 4) is 0 Å². The SMILES string of the molecule is CC1CC2CCCCC2N1C(=O)CCc1ccc(C(=O)O)cc1. The number of carbonyl (C=O) groups excluding carboxylic acids is 1. The minimum Gasteiger partial charge on any atom is -0.478 e. The van der Waals surface area contributed by atoms with Gasteiger partial charge in [-0.3, -0.25) is 4.79 Å². The number of fused-ring (bicyclic) bond motifs is 1. The summed E-state index contributed by atoms with van der Waals surface area (Å²) in [6, 6.07) is 7.67. The average Bonchev–Trinajstić information content (AvgIpc) is 2.88. The van der Waals surface area contributed by atoms with E-state index in [-0.39, 0.29) is 5.91 Å². The second kappa shape index (κ2) is 6.73. The van der Waals surface area contributed by atoms with Crippen LogP contribution in [0.25, 0.3) is 0 Å². The van der Waals surface area contributed by atoms with Gasteiger partial charge < -0.3 is 10.0 Å². The highest BCUT2D eigenvalue weighted by atomic mass is 16.4. The van der Waals surface area contributed by atoms with Crippen LogP contribution >= 0.6 is 0 Å². The van der Waals surface area contributed by atoms with Crippen molar-refractivity contribution in [1.82, 2.24) is 4.90 Å². The van der Waals surface area contributed by atoms with Crippen molar-refractivity contribution in [2.75, 3.05) is 0 Å². The van der Waals surface area contributed by atoms with Crippen LogP contribution in [0.4, 0.5) is 0 Å². The lowest BCUT2D eigenvalue weighted by atomic mass is 9.85. The summed E-state index contributed by atoms with van der Waals surface area (Å²) in [5.74, 6) is 0.0496. The highest BCUT2D eigenvalue weighted by Crippen LogP contribution is 2.39. The van der Waals surface area contributed by atoms with Crippen molar-refractivity contribution in [1.29, 1.82) is 0 Å². The van der Waals surface area contributed by atoms with E-state index in [9.17, 15) is 9.59 Å². The zero-order valence-corrected chi connectivity index (χ0v) is 13.7. The zero-order chi connectivity index (χ0) is 16.4.